The highest BCUT2D eigenvalue weighted by Crippen LogP contribution is 2.39. The quantitative estimate of drug-likeness (QED) is 0.768. The highest BCUT2D eigenvalue weighted by molar-refractivity contribution is 7.90. The van der Waals surface area contributed by atoms with Gasteiger partial charge in [-0.15, -0.1) is 0 Å². The lowest BCUT2D eigenvalue weighted by Crippen LogP contribution is -2.45. The van der Waals surface area contributed by atoms with E-state index < -0.39 is 14.8 Å². The van der Waals surface area contributed by atoms with Gasteiger partial charge < -0.3 is 0 Å². The molecule has 1 fully saturated rings. The average Bonchev–Trinajstić information content (AvgIpc) is 2.96. The first kappa shape index (κ1) is 20.3. The van der Waals surface area contributed by atoms with Gasteiger partial charge in [0.15, 0.2) is 0 Å². The molecule has 1 aromatic heterocycles. The van der Waals surface area contributed by atoms with Gasteiger partial charge in [0.25, 0.3) is 0 Å². The fourth-order valence-corrected chi connectivity index (χ4v) is 4.68. The van der Waals surface area contributed by atoms with Crippen molar-refractivity contribution in [2.45, 2.75) is 63.2 Å². The second kappa shape index (κ2) is 7.53. The first-order valence-corrected chi connectivity index (χ1v) is 11.0. The van der Waals surface area contributed by atoms with E-state index in [2.05, 4.69) is 14.9 Å². The van der Waals surface area contributed by atoms with Crippen LogP contribution in [0.4, 0.5) is 4.39 Å². The smallest absolute Gasteiger partial charge is 0.216 e. The van der Waals surface area contributed by atoms with E-state index in [1.54, 1.807) is 32.9 Å². The Bertz CT molecular complexity index is 896. The fraction of sp³-hybridized carbons (Fsp3) is 0.526. The summed E-state index contributed by atoms with van der Waals surface area (Å²) >= 11 is 6.54. The van der Waals surface area contributed by atoms with Crippen LogP contribution in [-0.4, -0.2) is 29.4 Å². The second-order valence-electron chi connectivity index (χ2n) is 8.09. The highest BCUT2D eigenvalue weighted by atomic mass is 35.5. The Hall–Kier alpha value is -1.44. The number of nitrogens with one attached hydrogen (secondary N) is 2. The van der Waals surface area contributed by atoms with Crippen molar-refractivity contribution in [1.82, 2.24) is 14.9 Å². The fourth-order valence-electron chi connectivity index (χ4n) is 3.31. The van der Waals surface area contributed by atoms with Crippen LogP contribution in [0.25, 0.3) is 11.3 Å². The van der Waals surface area contributed by atoms with Gasteiger partial charge in [-0.1, -0.05) is 11.6 Å². The zero-order valence-electron chi connectivity index (χ0n) is 15.7. The Morgan fingerprint density at radius 3 is 2.30 bits per heavy atom. The molecule has 5 nitrogen and oxygen atoms in total. The molecule has 1 aliphatic rings. The third kappa shape index (κ3) is 4.36. The third-order valence-corrected chi connectivity index (χ3v) is 7.75. The number of aromatic amines is 1. The molecule has 0 unspecified atom stereocenters. The molecule has 0 spiro atoms. The van der Waals surface area contributed by atoms with Crippen LogP contribution in [0.1, 0.15) is 58.1 Å². The van der Waals surface area contributed by atoms with Gasteiger partial charge in [0.2, 0.25) is 10.0 Å². The van der Waals surface area contributed by atoms with E-state index in [9.17, 15) is 12.8 Å². The van der Waals surface area contributed by atoms with E-state index in [4.69, 9.17) is 11.6 Å². The Labute approximate surface area is 164 Å². The lowest BCUT2D eigenvalue weighted by molar-refractivity contribution is 0.367. The summed E-state index contributed by atoms with van der Waals surface area (Å²) in [6.45, 7) is 5.09. The Kier molecular flexibility index (Phi) is 5.66. The summed E-state index contributed by atoms with van der Waals surface area (Å²) in [5.74, 6) is -0.101. The number of H-pyrrole nitrogens is 1. The predicted molar refractivity (Wildman–Crippen MR) is 106 cm³/mol. The highest BCUT2D eigenvalue weighted by Gasteiger charge is 2.34. The van der Waals surface area contributed by atoms with Crippen LogP contribution in [0.15, 0.2) is 24.3 Å². The number of sulfonamides is 1. The SMILES string of the molecule is CC(C)(C)S(=O)(=O)N[C@H]1CC[C@H](c2[nH]nc(-c3ccc(F)cc3)c2Cl)CC1. The molecule has 27 heavy (non-hydrogen) atoms. The summed E-state index contributed by atoms with van der Waals surface area (Å²) in [7, 11) is -3.35. The van der Waals surface area contributed by atoms with Crippen LogP contribution >= 0.6 is 11.6 Å². The first-order valence-electron chi connectivity index (χ1n) is 9.10. The minimum Gasteiger partial charge on any atom is -0.280 e. The largest absolute Gasteiger partial charge is 0.280 e. The van der Waals surface area contributed by atoms with Crippen molar-refractivity contribution in [3.63, 3.8) is 0 Å². The van der Waals surface area contributed by atoms with Crippen molar-refractivity contribution in [3.05, 3.63) is 40.8 Å². The number of aromatic nitrogens is 2. The zero-order chi connectivity index (χ0) is 19.8. The van der Waals surface area contributed by atoms with Crippen molar-refractivity contribution in [2.75, 3.05) is 0 Å². The van der Waals surface area contributed by atoms with Crippen molar-refractivity contribution in [3.8, 4) is 11.3 Å². The van der Waals surface area contributed by atoms with Crippen LogP contribution in [0, 0.1) is 5.82 Å². The van der Waals surface area contributed by atoms with Gasteiger partial charge in [-0.2, -0.15) is 5.10 Å². The van der Waals surface area contributed by atoms with Gasteiger partial charge in [-0.05, 0) is 70.7 Å². The summed E-state index contributed by atoms with van der Waals surface area (Å²) in [5.41, 5.74) is 2.24. The summed E-state index contributed by atoms with van der Waals surface area (Å²) in [5, 5.41) is 7.90. The Morgan fingerprint density at radius 2 is 1.74 bits per heavy atom. The summed E-state index contributed by atoms with van der Waals surface area (Å²) < 4.78 is 39.8. The minimum atomic E-state index is -3.35. The van der Waals surface area contributed by atoms with Gasteiger partial charge in [-0.3, -0.25) is 5.10 Å². The number of rotatable bonds is 4. The summed E-state index contributed by atoms with van der Waals surface area (Å²) in [4.78, 5) is 0. The van der Waals surface area contributed by atoms with E-state index in [1.807, 2.05) is 0 Å². The average molecular weight is 414 g/mol. The molecule has 0 radical (unpaired) electrons. The van der Waals surface area contributed by atoms with E-state index in [-0.39, 0.29) is 17.8 Å². The lowest BCUT2D eigenvalue weighted by Gasteiger charge is -2.31. The maximum Gasteiger partial charge on any atom is 0.216 e. The molecule has 0 amide bonds. The van der Waals surface area contributed by atoms with Crippen LogP contribution in [0.3, 0.4) is 0 Å². The molecular formula is C19H25ClFN3O2S. The minimum absolute atomic E-state index is 0.0521. The van der Waals surface area contributed by atoms with E-state index in [0.29, 0.717) is 10.7 Å². The number of halogens is 2. The molecule has 1 aromatic carbocycles. The topological polar surface area (TPSA) is 74.8 Å². The van der Waals surface area contributed by atoms with E-state index >= 15 is 0 Å². The number of hydrogen-bond donors (Lipinski definition) is 2. The van der Waals surface area contributed by atoms with Crippen molar-refractivity contribution >= 4 is 21.6 Å². The number of nitrogens with zero attached hydrogens (tertiary/aromatic N) is 1. The molecule has 3 rings (SSSR count). The van der Waals surface area contributed by atoms with Crippen molar-refractivity contribution < 1.29 is 12.8 Å². The molecular weight excluding hydrogens is 389 g/mol. The third-order valence-electron chi connectivity index (χ3n) is 5.11. The number of benzene rings is 1. The maximum absolute atomic E-state index is 13.1. The number of hydrogen-bond acceptors (Lipinski definition) is 3. The molecule has 1 saturated carbocycles. The predicted octanol–water partition coefficient (Wildman–Crippen LogP) is 4.61. The van der Waals surface area contributed by atoms with Crippen LogP contribution in [0.2, 0.25) is 5.02 Å². The van der Waals surface area contributed by atoms with Gasteiger partial charge >= 0.3 is 0 Å². The van der Waals surface area contributed by atoms with Gasteiger partial charge in [0, 0.05) is 17.5 Å². The molecule has 0 atom stereocenters. The van der Waals surface area contributed by atoms with Gasteiger partial charge in [0.05, 0.1) is 15.5 Å². The summed E-state index contributed by atoms with van der Waals surface area (Å²) in [6, 6.07) is 6.02. The first-order chi connectivity index (χ1) is 12.6. The standard InChI is InChI=1S/C19H25ClFN3O2S/c1-19(2,3)27(25,26)24-15-10-6-13(7-11-15)18-16(20)17(22-23-18)12-4-8-14(21)9-5-12/h4-5,8-9,13,15,24H,6-7,10-11H2,1-3H3,(H,22,23)/t13-,15-. The molecule has 2 N–H and O–H groups in total. The Morgan fingerprint density at radius 1 is 1.15 bits per heavy atom. The molecule has 2 aromatic rings. The van der Waals surface area contributed by atoms with Gasteiger partial charge in [-0.25, -0.2) is 17.5 Å². The van der Waals surface area contributed by atoms with Crippen LogP contribution in [0.5, 0.6) is 0 Å². The molecule has 148 valence electrons. The van der Waals surface area contributed by atoms with Crippen LogP contribution < -0.4 is 4.72 Å². The van der Waals surface area contributed by atoms with Crippen LogP contribution in [-0.2, 0) is 10.0 Å². The Balaban J connectivity index is 1.68. The monoisotopic (exact) mass is 413 g/mol. The molecule has 1 heterocycles. The zero-order valence-corrected chi connectivity index (χ0v) is 17.3. The maximum atomic E-state index is 13.1. The summed E-state index contributed by atoms with van der Waals surface area (Å²) in [6.07, 6.45) is 3.15. The lowest BCUT2D eigenvalue weighted by atomic mass is 9.84. The molecule has 1 aliphatic carbocycles. The van der Waals surface area contributed by atoms with Gasteiger partial charge in [0.1, 0.15) is 11.5 Å². The van der Waals surface area contributed by atoms with Crippen molar-refractivity contribution in [1.29, 1.82) is 0 Å². The van der Waals surface area contributed by atoms with Crippen molar-refractivity contribution in [2.24, 2.45) is 0 Å². The van der Waals surface area contributed by atoms with E-state index in [1.165, 1.54) is 12.1 Å². The molecule has 0 aliphatic heterocycles. The molecule has 0 saturated heterocycles. The molecule has 0 bridgehead atoms. The second-order valence-corrected chi connectivity index (χ2v) is 10.9. The van der Waals surface area contributed by atoms with E-state index in [0.717, 1.165) is 36.9 Å². The normalized spacial score (nSPS) is 21.4. The molecule has 8 heteroatoms.